The zero-order valence-corrected chi connectivity index (χ0v) is 18.4. The van der Waals surface area contributed by atoms with Crippen LogP contribution >= 0.6 is 47.4 Å². The molecule has 0 aliphatic carbocycles. The van der Waals surface area contributed by atoms with Crippen LogP contribution in [0.5, 0.6) is 0 Å². The number of nitrogens with one attached hydrogen (secondary N) is 1. The summed E-state index contributed by atoms with van der Waals surface area (Å²) in [7, 11) is 0. The van der Waals surface area contributed by atoms with E-state index in [1.54, 1.807) is 24.3 Å². The smallest absolute Gasteiger partial charge is 0.243 e. The van der Waals surface area contributed by atoms with Crippen LogP contribution in [0.25, 0.3) is 0 Å². The van der Waals surface area contributed by atoms with Crippen molar-refractivity contribution in [2.45, 2.75) is 24.0 Å². The minimum Gasteiger partial charge on any atom is -0.309 e. The highest BCUT2D eigenvalue weighted by Gasteiger charge is 2.23. The van der Waals surface area contributed by atoms with Crippen molar-refractivity contribution in [2.75, 3.05) is 5.32 Å². The Balaban J connectivity index is 0.00000280. The molecular weight excluding hydrogens is 435 g/mol. The van der Waals surface area contributed by atoms with E-state index in [0.29, 0.717) is 15.9 Å². The average molecular weight is 454 g/mol. The first-order valence-electron chi connectivity index (χ1n) is 8.34. The molecule has 1 N–H and O–H groups in total. The molecule has 0 aliphatic rings. The maximum absolute atomic E-state index is 13.0. The van der Waals surface area contributed by atoms with Gasteiger partial charge in [-0.1, -0.05) is 41.4 Å². The van der Waals surface area contributed by atoms with E-state index in [0.717, 1.165) is 10.5 Å². The Morgan fingerprint density at radius 2 is 1.64 bits per heavy atom. The van der Waals surface area contributed by atoms with E-state index in [1.807, 2.05) is 18.2 Å². The number of benzene rings is 2. The van der Waals surface area contributed by atoms with Crippen LogP contribution in [-0.2, 0) is 4.79 Å². The highest BCUT2D eigenvalue weighted by atomic mass is 35.5. The second-order valence-electron chi connectivity index (χ2n) is 6.15. The second-order valence-corrected chi connectivity index (χ2v) is 8.20. The van der Waals surface area contributed by atoms with Crippen molar-refractivity contribution in [2.24, 2.45) is 0 Å². The van der Waals surface area contributed by atoms with Gasteiger partial charge in [0, 0.05) is 16.1 Å². The van der Waals surface area contributed by atoms with Crippen LogP contribution in [0.3, 0.4) is 0 Å². The number of hydrogen-bond acceptors (Lipinski definition) is 3. The lowest BCUT2D eigenvalue weighted by Crippen LogP contribution is -2.19. The van der Waals surface area contributed by atoms with Crippen LogP contribution in [0, 0.1) is 13.8 Å². The SMILES string of the molecule is Cc1ccc(SC(C(=O)Nc2ccc(Cl)cn2)c2ccc(Cl)cc2)cc1C.Cl. The van der Waals surface area contributed by atoms with Gasteiger partial charge in [0.15, 0.2) is 0 Å². The summed E-state index contributed by atoms with van der Waals surface area (Å²) in [6.45, 7) is 4.13. The van der Waals surface area contributed by atoms with Gasteiger partial charge in [-0.15, -0.1) is 24.2 Å². The van der Waals surface area contributed by atoms with Gasteiger partial charge in [-0.3, -0.25) is 4.79 Å². The summed E-state index contributed by atoms with van der Waals surface area (Å²) in [5.74, 6) is 0.305. The summed E-state index contributed by atoms with van der Waals surface area (Å²) in [6.07, 6.45) is 1.50. The average Bonchev–Trinajstić information content (AvgIpc) is 2.65. The molecule has 0 saturated carbocycles. The highest BCUT2D eigenvalue weighted by Crippen LogP contribution is 2.37. The van der Waals surface area contributed by atoms with Crippen LogP contribution in [0.1, 0.15) is 21.9 Å². The predicted octanol–water partition coefficient (Wildman–Crippen LogP) is 6.90. The molecule has 3 rings (SSSR count). The zero-order chi connectivity index (χ0) is 19.4. The van der Waals surface area contributed by atoms with Gasteiger partial charge in [0.2, 0.25) is 5.91 Å². The summed E-state index contributed by atoms with van der Waals surface area (Å²) >= 11 is 13.4. The Hall–Kier alpha value is -1.72. The lowest BCUT2D eigenvalue weighted by atomic mass is 10.1. The molecule has 2 aromatic carbocycles. The number of carbonyl (C=O) groups excluding carboxylic acids is 1. The molecule has 0 saturated heterocycles. The molecule has 3 aromatic rings. The molecule has 0 aliphatic heterocycles. The van der Waals surface area contributed by atoms with E-state index in [2.05, 4.69) is 36.3 Å². The van der Waals surface area contributed by atoms with Crippen LogP contribution in [0.15, 0.2) is 65.7 Å². The molecule has 0 spiro atoms. The molecule has 146 valence electrons. The highest BCUT2D eigenvalue weighted by molar-refractivity contribution is 8.00. The second kappa shape index (κ2) is 10.2. The number of anilines is 1. The third-order valence-electron chi connectivity index (χ3n) is 4.12. The van der Waals surface area contributed by atoms with Crippen molar-refractivity contribution in [3.05, 3.63) is 87.5 Å². The lowest BCUT2D eigenvalue weighted by Gasteiger charge is -2.17. The number of amides is 1. The van der Waals surface area contributed by atoms with Crippen molar-refractivity contribution in [3.8, 4) is 0 Å². The van der Waals surface area contributed by atoms with E-state index >= 15 is 0 Å². The third-order valence-corrected chi connectivity index (χ3v) is 5.85. The van der Waals surface area contributed by atoms with Crippen LogP contribution < -0.4 is 5.32 Å². The molecule has 3 nitrogen and oxygen atoms in total. The minimum absolute atomic E-state index is 0. The number of pyridine rings is 1. The molecule has 1 atom stereocenters. The number of carbonyl (C=O) groups is 1. The first-order valence-corrected chi connectivity index (χ1v) is 9.98. The van der Waals surface area contributed by atoms with Gasteiger partial charge < -0.3 is 5.32 Å². The van der Waals surface area contributed by atoms with Crippen molar-refractivity contribution >= 4 is 59.1 Å². The molecule has 1 heterocycles. The molecule has 0 fully saturated rings. The van der Waals surface area contributed by atoms with Gasteiger partial charge in [-0.05, 0) is 66.9 Å². The standard InChI is InChI=1S/C21H18Cl2N2OS.ClH/c1-13-3-9-18(11-14(13)2)27-20(15-4-6-16(22)7-5-15)21(26)25-19-10-8-17(23)12-24-19;/h3-12,20H,1-2H3,(H,24,25,26);1H. The van der Waals surface area contributed by atoms with Crippen LogP contribution in [0.2, 0.25) is 10.0 Å². The molecule has 0 radical (unpaired) electrons. The van der Waals surface area contributed by atoms with Crippen molar-refractivity contribution in [1.82, 2.24) is 4.98 Å². The number of thioether (sulfide) groups is 1. The fraction of sp³-hybridized carbons (Fsp3) is 0.143. The lowest BCUT2D eigenvalue weighted by molar-refractivity contribution is -0.115. The summed E-state index contributed by atoms with van der Waals surface area (Å²) in [5, 5.41) is 3.58. The molecule has 1 aromatic heterocycles. The number of hydrogen-bond donors (Lipinski definition) is 1. The molecule has 1 unspecified atom stereocenters. The Kier molecular flexibility index (Phi) is 8.20. The Labute approximate surface area is 185 Å². The Morgan fingerprint density at radius 1 is 0.964 bits per heavy atom. The number of halogens is 3. The number of nitrogens with zero attached hydrogens (tertiary/aromatic N) is 1. The van der Waals surface area contributed by atoms with Gasteiger partial charge in [0.1, 0.15) is 11.1 Å². The van der Waals surface area contributed by atoms with E-state index in [4.69, 9.17) is 23.2 Å². The van der Waals surface area contributed by atoms with E-state index < -0.39 is 5.25 Å². The third kappa shape index (κ3) is 5.89. The maximum atomic E-state index is 13.0. The fourth-order valence-electron chi connectivity index (χ4n) is 2.48. The number of aryl methyl sites for hydroxylation is 2. The fourth-order valence-corrected chi connectivity index (χ4v) is 3.84. The van der Waals surface area contributed by atoms with E-state index in [-0.39, 0.29) is 18.3 Å². The summed E-state index contributed by atoms with van der Waals surface area (Å²) < 4.78 is 0. The van der Waals surface area contributed by atoms with E-state index in [9.17, 15) is 4.79 Å². The van der Waals surface area contributed by atoms with Crippen molar-refractivity contribution < 1.29 is 4.79 Å². The van der Waals surface area contributed by atoms with Gasteiger partial charge in [0.25, 0.3) is 0 Å². The quantitative estimate of drug-likeness (QED) is 0.427. The summed E-state index contributed by atoms with van der Waals surface area (Å²) in [6, 6.07) is 16.9. The first-order chi connectivity index (χ1) is 12.9. The molecule has 28 heavy (non-hydrogen) atoms. The normalized spacial score (nSPS) is 11.4. The molecular formula is C21H19Cl3N2OS. The van der Waals surface area contributed by atoms with Crippen molar-refractivity contribution in [1.29, 1.82) is 0 Å². The van der Waals surface area contributed by atoms with Gasteiger partial charge >= 0.3 is 0 Å². The van der Waals surface area contributed by atoms with Crippen LogP contribution in [-0.4, -0.2) is 10.9 Å². The monoisotopic (exact) mass is 452 g/mol. The number of aromatic nitrogens is 1. The largest absolute Gasteiger partial charge is 0.309 e. The molecule has 0 bridgehead atoms. The molecule has 7 heteroatoms. The van der Waals surface area contributed by atoms with E-state index in [1.165, 1.54) is 29.1 Å². The zero-order valence-electron chi connectivity index (χ0n) is 15.3. The maximum Gasteiger partial charge on any atom is 0.243 e. The molecule has 1 amide bonds. The topological polar surface area (TPSA) is 42.0 Å². The summed E-state index contributed by atoms with van der Waals surface area (Å²) in [5.41, 5.74) is 3.28. The van der Waals surface area contributed by atoms with Crippen LogP contribution in [0.4, 0.5) is 5.82 Å². The Bertz CT molecular complexity index is 947. The van der Waals surface area contributed by atoms with Gasteiger partial charge in [-0.2, -0.15) is 0 Å². The summed E-state index contributed by atoms with van der Waals surface area (Å²) in [4.78, 5) is 18.2. The van der Waals surface area contributed by atoms with Gasteiger partial charge in [0.05, 0.1) is 5.02 Å². The Morgan fingerprint density at radius 3 is 2.25 bits per heavy atom. The number of rotatable bonds is 5. The van der Waals surface area contributed by atoms with Gasteiger partial charge in [-0.25, -0.2) is 4.98 Å². The van der Waals surface area contributed by atoms with Crippen molar-refractivity contribution in [3.63, 3.8) is 0 Å². The predicted molar refractivity (Wildman–Crippen MR) is 121 cm³/mol. The first kappa shape index (κ1) is 22.6. The minimum atomic E-state index is -0.443.